The third kappa shape index (κ3) is 4.17. The van der Waals surface area contributed by atoms with Crippen molar-refractivity contribution in [1.29, 1.82) is 0 Å². The summed E-state index contributed by atoms with van der Waals surface area (Å²) in [5, 5.41) is 12.7. The van der Waals surface area contributed by atoms with Gasteiger partial charge in [0.25, 0.3) is 0 Å². The zero-order valence-electron chi connectivity index (χ0n) is 11.6. The van der Waals surface area contributed by atoms with Crippen LogP contribution in [-0.2, 0) is 4.74 Å². The van der Waals surface area contributed by atoms with E-state index in [-0.39, 0.29) is 0 Å². The lowest BCUT2D eigenvalue weighted by Gasteiger charge is -2.09. The summed E-state index contributed by atoms with van der Waals surface area (Å²) >= 11 is 0. The maximum absolute atomic E-state index is 5.51. The predicted octanol–water partition coefficient (Wildman–Crippen LogP) is 3.25. The maximum Gasteiger partial charge on any atom is 0.0950 e. The second-order valence-electron chi connectivity index (χ2n) is 4.83. The fourth-order valence-electron chi connectivity index (χ4n) is 1.92. The molecule has 4 heteroatoms. The number of benzene rings is 1. The molecule has 0 amide bonds. The number of hydrogen-bond donors (Lipinski definition) is 1. The Hall–Kier alpha value is -1.68. The Morgan fingerprint density at radius 2 is 2.05 bits per heavy atom. The van der Waals surface area contributed by atoms with Crippen LogP contribution in [0.25, 0.3) is 10.9 Å². The summed E-state index contributed by atoms with van der Waals surface area (Å²) in [7, 11) is 0. The van der Waals surface area contributed by atoms with Gasteiger partial charge in [0.05, 0.1) is 23.5 Å². The minimum absolute atomic E-state index is 0.321. The van der Waals surface area contributed by atoms with Crippen LogP contribution in [0, 0.1) is 0 Å². The molecule has 0 unspecified atom stereocenters. The molecule has 0 aliphatic carbocycles. The average molecular weight is 259 g/mol. The zero-order valence-corrected chi connectivity index (χ0v) is 11.6. The van der Waals surface area contributed by atoms with Crippen molar-refractivity contribution in [3.05, 3.63) is 30.5 Å². The van der Waals surface area contributed by atoms with Gasteiger partial charge in [0.2, 0.25) is 0 Å². The molecule has 2 rings (SSSR count). The summed E-state index contributed by atoms with van der Waals surface area (Å²) in [6.07, 6.45) is 4.26. The number of ether oxygens (including phenoxy) is 1. The molecule has 0 atom stereocenters. The van der Waals surface area contributed by atoms with Crippen LogP contribution in [-0.4, -0.2) is 29.5 Å². The van der Waals surface area contributed by atoms with Crippen molar-refractivity contribution >= 4 is 16.6 Å². The van der Waals surface area contributed by atoms with Gasteiger partial charge in [0, 0.05) is 18.5 Å². The van der Waals surface area contributed by atoms with E-state index in [1.165, 1.54) is 0 Å². The lowest BCUT2D eigenvalue weighted by Crippen LogP contribution is -2.07. The number of anilines is 1. The minimum atomic E-state index is 0.321. The van der Waals surface area contributed by atoms with E-state index in [2.05, 4.69) is 35.4 Å². The summed E-state index contributed by atoms with van der Waals surface area (Å²) < 4.78 is 5.51. The van der Waals surface area contributed by atoms with E-state index >= 15 is 0 Å². The fraction of sp³-hybridized carbons (Fsp3) is 0.467. The third-order valence-corrected chi connectivity index (χ3v) is 2.88. The first kappa shape index (κ1) is 13.7. The number of fused-ring (bicyclic) bond motifs is 1. The molecule has 0 spiro atoms. The standard InChI is InChI=1S/C15H21N3O/c1-12(2)19-10-6-5-9-16-15-11-17-18-14-8-4-3-7-13(14)15/h3-4,7-8,11-12H,5-6,9-10H2,1-2H3,(H,16,18). The van der Waals surface area contributed by atoms with E-state index in [1.807, 2.05) is 18.2 Å². The average Bonchev–Trinajstić information content (AvgIpc) is 2.42. The van der Waals surface area contributed by atoms with Crippen molar-refractivity contribution in [1.82, 2.24) is 10.2 Å². The largest absolute Gasteiger partial charge is 0.383 e. The molecule has 2 aromatic rings. The summed E-state index contributed by atoms with van der Waals surface area (Å²) in [6.45, 7) is 5.88. The Kier molecular flexibility index (Phi) is 5.10. The highest BCUT2D eigenvalue weighted by atomic mass is 16.5. The molecule has 0 bridgehead atoms. The molecule has 19 heavy (non-hydrogen) atoms. The van der Waals surface area contributed by atoms with Crippen LogP contribution in [0.1, 0.15) is 26.7 Å². The van der Waals surface area contributed by atoms with Crippen LogP contribution in [0.5, 0.6) is 0 Å². The molecule has 0 saturated heterocycles. The van der Waals surface area contributed by atoms with Gasteiger partial charge in [-0.3, -0.25) is 0 Å². The summed E-state index contributed by atoms with van der Waals surface area (Å²) in [5.41, 5.74) is 1.98. The molecule has 0 aliphatic rings. The lowest BCUT2D eigenvalue weighted by molar-refractivity contribution is 0.0765. The highest BCUT2D eigenvalue weighted by molar-refractivity contribution is 5.90. The van der Waals surface area contributed by atoms with Crippen molar-refractivity contribution in [2.45, 2.75) is 32.8 Å². The van der Waals surface area contributed by atoms with Gasteiger partial charge < -0.3 is 10.1 Å². The van der Waals surface area contributed by atoms with E-state index in [0.29, 0.717) is 6.10 Å². The summed E-state index contributed by atoms with van der Waals surface area (Å²) in [5.74, 6) is 0. The number of unbranched alkanes of at least 4 members (excludes halogenated alkanes) is 1. The number of nitrogens with one attached hydrogen (secondary N) is 1. The van der Waals surface area contributed by atoms with Crippen LogP contribution in [0.3, 0.4) is 0 Å². The minimum Gasteiger partial charge on any atom is -0.383 e. The second kappa shape index (κ2) is 7.04. The molecule has 0 radical (unpaired) electrons. The lowest BCUT2D eigenvalue weighted by atomic mass is 10.2. The second-order valence-corrected chi connectivity index (χ2v) is 4.83. The van der Waals surface area contributed by atoms with Crippen LogP contribution in [0.15, 0.2) is 30.5 Å². The SMILES string of the molecule is CC(C)OCCCCNc1cnnc2ccccc12. The Labute approximate surface area is 114 Å². The van der Waals surface area contributed by atoms with Crippen LogP contribution >= 0.6 is 0 Å². The van der Waals surface area contributed by atoms with Gasteiger partial charge in [0.15, 0.2) is 0 Å². The normalized spacial score (nSPS) is 11.1. The summed E-state index contributed by atoms with van der Waals surface area (Å²) in [4.78, 5) is 0. The third-order valence-electron chi connectivity index (χ3n) is 2.88. The summed E-state index contributed by atoms with van der Waals surface area (Å²) in [6, 6.07) is 8.04. The number of hydrogen-bond acceptors (Lipinski definition) is 4. The number of nitrogens with zero attached hydrogens (tertiary/aromatic N) is 2. The molecule has 102 valence electrons. The van der Waals surface area contributed by atoms with Gasteiger partial charge in [-0.25, -0.2) is 0 Å². The van der Waals surface area contributed by atoms with Crippen LogP contribution in [0.4, 0.5) is 5.69 Å². The molecule has 0 saturated carbocycles. The van der Waals surface area contributed by atoms with Gasteiger partial charge in [0.1, 0.15) is 0 Å². The predicted molar refractivity (Wildman–Crippen MR) is 78.3 cm³/mol. The molecule has 1 heterocycles. The maximum atomic E-state index is 5.51. The Bertz CT molecular complexity index is 508. The zero-order chi connectivity index (χ0) is 13.5. The Morgan fingerprint density at radius 1 is 1.21 bits per heavy atom. The molecule has 4 nitrogen and oxygen atoms in total. The number of rotatable bonds is 7. The van der Waals surface area contributed by atoms with Gasteiger partial charge in [-0.1, -0.05) is 18.2 Å². The first-order valence-corrected chi connectivity index (χ1v) is 6.83. The quantitative estimate of drug-likeness (QED) is 0.775. The molecule has 1 aromatic carbocycles. The van der Waals surface area contributed by atoms with Crippen LogP contribution in [0.2, 0.25) is 0 Å². The molecular formula is C15H21N3O. The van der Waals surface area contributed by atoms with Crippen molar-refractivity contribution < 1.29 is 4.74 Å². The van der Waals surface area contributed by atoms with E-state index < -0.39 is 0 Å². The van der Waals surface area contributed by atoms with E-state index in [9.17, 15) is 0 Å². The first-order chi connectivity index (χ1) is 9.27. The van der Waals surface area contributed by atoms with E-state index in [4.69, 9.17) is 4.74 Å². The van der Waals surface area contributed by atoms with Crippen LogP contribution < -0.4 is 5.32 Å². The van der Waals surface area contributed by atoms with Gasteiger partial charge in [-0.2, -0.15) is 10.2 Å². The Balaban J connectivity index is 1.82. The molecule has 0 fully saturated rings. The monoisotopic (exact) mass is 259 g/mol. The number of aromatic nitrogens is 2. The van der Waals surface area contributed by atoms with E-state index in [1.54, 1.807) is 6.20 Å². The highest BCUT2D eigenvalue weighted by Gasteiger charge is 2.01. The fourth-order valence-corrected chi connectivity index (χ4v) is 1.92. The molecule has 0 aliphatic heterocycles. The van der Waals surface area contributed by atoms with Crippen molar-refractivity contribution in [2.24, 2.45) is 0 Å². The molecular weight excluding hydrogens is 238 g/mol. The van der Waals surface area contributed by atoms with Crippen molar-refractivity contribution in [3.8, 4) is 0 Å². The van der Waals surface area contributed by atoms with E-state index in [0.717, 1.165) is 42.6 Å². The topological polar surface area (TPSA) is 47.0 Å². The van der Waals surface area contributed by atoms with Gasteiger partial charge >= 0.3 is 0 Å². The Morgan fingerprint density at radius 3 is 2.89 bits per heavy atom. The first-order valence-electron chi connectivity index (χ1n) is 6.83. The highest BCUT2D eigenvalue weighted by Crippen LogP contribution is 2.19. The smallest absolute Gasteiger partial charge is 0.0950 e. The molecule has 1 N–H and O–H groups in total. The van der Waals surface area contributed by atoms with Crippen molar-refractivity contribution in [3.63, 3.8) is 0 Å². The molecule has 1 aromatic heterocycles. The van der Waals surface area contributed by atoms with Gasteiger partial charge in [-0.05, 0) is 32.8 Å². The van der Waals surface area contributed by atoms with Crippen molar-refractivity contribution in [2.75, 3.05) is 18.5 Å². The van der Waals surface area contributed by atoms with Gasteiger partial charge in [-0.15, -0.1) is 0 Å².